The van der Waals surface area contributed by atoms with Crippen molar-refractivity contribution >= 4 is 11.9 Å². The summed E-state index contributed by atoms with van der Waals surface area (Å²) in [6, 6.07) is 0. The van der Waals surface area contributed by atoms with E-state index in [2.05, 4.69) is 19.7 Å². The summed E-state index contributed by atoms with van der Waals surface area (Å²) in [6.07, 6.45) is 1.84. The molecule has 4 heteroatoms. The number of ether oxygens (including phenoxy) is 2. The van der Waals surface area contributed by atoms with Crippen LogP contribution in [0.3, 0.4) is 0 Å². The van der Waals surface area contributed by atoms with E-state index in [-0.39, 0.29) is 41.9 Å². The minimum atomic E-state index is -0.312. The maximum atomic E-state index is 11.8. The van der Waals surface area contributed by atoms with Gasteiger partial charge in [-0.3, -0.25) is 4.79 Å². The van der Waals surface area contributed by atoms with E-state index in [1.54, 1.807) is 0 Å². The maximum absolute atomic E-state index is 11.8. The average molecular weight is 288 g/mol. The van der Waals surface area contributed by atoms with Crippen molar-refractivity contribution in [3.63, 3.8) is 0 Å². The van der Waals surface area contributed by atoms with Gasteiger partial charge in [0.25, 0.3) is 0 Å². The molecule has 0 bridgehead atoms. The van der Waals surface area contributed by atoms with Gasteiger partial charge in [0.2, 0.25) is 0 Å². The highest BCUT2D eigenvalue weighted by Crippen LogP contribution is 2.52. The van der Waals surface area contributed by atoms with Gasteiger partial charge < -0.3 is 9.47 Å². The molecule has 0 aromatic heterocycles. The van der Waals surface area contributed by atoms with Crippen molar-refractivity contribution in [2.45, 2.75) is 38.4 Å². The highest BCUT2D eigenvalue weighted by Gasteiger charge is 2.53. The number of rotatable bonds is 1. The Morgan fingerprint density at radius 1 is 1.29 bits per heavy atom. The van der Waals surface area contributed by atoms with Crippen molar-refractivity contribution in [3.8, 4) is 0 Å². The lowest BCUT2D eigenvalue weighted by Crippen LogP contribution is -2.29. The number of fused-ring (bicyclic) bond motifs is 3. The molecular weight excluding hydrogens is 268 g/mol. The Labute approximate surface area is 124 Å². The van der Waals surface area contributed by atoms with Gasteiger partial charge in [-0.15, -0.1) is 0 Å². The molecule has 0 radical (unpaired) electrons. The Morgan fingerprint density at radius 2 is 2.00 bits per heavy atom. The van der Waals surface area contributed by atoms with Crippen LogP contribution in [0.5, 0.6) is 0 Å². The molecule has 21 heavy (non-hydrogen) atoms. The second-order valence-corrected chi connectivity index (χ2v) is 6.24. The smallest absolute Gasteiger partial charge is 0.334 e. The minimum absolute atomic E-state index is 0.0162. The number of esters is 2. The maximum Gasteiger partial charge on any atom is 0.334 e. The number of hydrogen-bond acceptors (Lipinski definition) is 4. The van der Waals surface area contributed by atoms with E-state index in [1.807, 2.05) is 0 Å². The summed E-state index contributed by atoms with van der Waals surface area (Å²) in [5, 5.41) is 0. The van der Waals surface area contributed by atoms with E-state index in [1.165, 1.54) is 6.92 Å². The third-order valence-electron chi connectivity index (χ3n) is 5.06. The molecule has 5 atom stereocenters. The van der Waals surface area contributed by atoms with Crippen molar-refractivity contribution in [1.82, 2.24) is 0 Å². The summed E-state index contributed by atoms with van der Waals surface area (Å²) in [6.45, 7) is 13.6. The molecule has 0 spiro atoms. The Hall–Kier alpha value is -1.84. The van der Waals surface area contributed by atoms with E-state index in [9.17, 15) is 9.59 Å². The van der Waals surface area contributed by atoms with Crippen LogP contribution >= 0.6 is 0 Å². The standard InChI is InChI=1S/C17H20O4/c1-8-5-6-12-9(2)17(19)21-16(12)15-10(3)14(7-13(8)15)20-11(4)18/h12-16H,1-3,5-7H2,4H3/t12-,13-,14+,15+,16-/m0/s1. The van der Waals surface area contributed by atoms with Crippen molar-refractivity contribution in [3.05, 3.63) is 36.5 Å². The third kappa shape index (κ3) is 2.13. The van der Waals surface area contributed by atoms with Crippen LogP contribution in [0.15, 0.2) is 36.5 Å². The Bertz CT molecular complexity index is 559. The minimum Gasteiger partial charge on any atom is -0.458 e. The molecule has 1 saturated heterocycles. The lowest BCUT2D eigenvalue weighted by Gasteiger charge is -2.26. The second kappa shape index (κ2) is 4.86. The zero-order valence-electron chi connectivity index (χ0n) is 12.3. The fourth-order valence-electron chi connectivity index (χ4n) is 4.01. The van der Waals surface area contributed by atoms with Gasteiger partial charge in [0.15, 0.2) is 0 Å². The first-order valence-corrected chi connectivity index (χ1v) is 7.33. The van der Waals surface area contributed by atoms with Crippen LogP contribution in [-0.2, 0) is 19.1 Å². The highest BCUT2D eigenvalue weighted by atomic mass is 16.6. The van der Waals surface area contributed by atoms with Crippen LogP contribution in [0.25, 0.3) is 0 Å². The Kier molecular flexibility index (Phi) is 3.27. The zero-order valence-corrected chi connectivity index (χ0v) is 12.3. The Balaban J connectivity index is 1.93. The van der Waals surface area contributed by atoms with Crippen LogP contribution in [0.1, 0.15) is 26.2 Å². The molecule has 3 fully saturated rings. The van der Waals surface area contributed by atoms with Gasteiger partial charge in [0.1, 0.15) is 12.2 Å². The van der Waals surface area contributed by atoms with E-state index in [0.717, 1.165) is 24.0 Å². The van der Waals surface area contributed by atoms with Gasteiger partial charge >= 0.3 is 11.9 Å². The van der Waals surface area contributed by atoms with Gasteiger partial charge in [-0.25, -0.2) is 4.79 Å². The normalized spacial score (nSPS) is 38.6. The van der Waals surface area contributed by atoms with Gasteiger partial charge in [0, 0.05) is 24.3 Å². The number of carbonyl (C=O) groups excluding carboxylic acids is 2. The molecular formula is C17H20O4. The van der Waals surface area contributed by atoms with Gasteiger partial charge in [0.05, 0.1) is 0 Å². The predicted molar refractivity (Wildman–Crippen MR) is 77.2 cm³/mol. The van der Waals surface area contributed by atoms with Gasteiger partial charge in [-0.05, 0) is 30.8 Å². The summed E-state index contributed by atoms with van der Waals surface area (Å²) in [7, 11) is 0. The molecule has 4 nitrogen and oxygen atoms in total. The SMILES string of the molecule is C=C1[C@H]2[C@H]3OC(=O)C(=C)[C@@H]3CCC(=C)[C@@H]2C[C@H]1OC(C)=O. The first-order chi connectivity index (χ1) is 9.90. The largest absolute Gasteiger partial charge is 0.458 e. The fourth-order valence-corrected chi connectivity index (χ4v) is 4.01. The molecule has 2 saturated carbocycles. The Morgan fingerprint density at radius 3 is 2.67 bits per heavy atom. The van der Waals surface area contributed by atoms with Crippen LogP contribution in [0.2, 0.25) is 0 Å². The summed E-state index contributed by atoms with van der Waals surface area (Å²) in [4.78, 5) is 23.1. The molecule has 3 aliphatic rings. The molecule has 112 valence electrons. The second-order valence-electron chi connectivity index (χ2n) is 6.24. The molecule has 0 amide bonds. The first kappa shape index (κ1) is 14.1. The topological polar surface area (TPSA) is 52.6 Å². The van der Waals surface area contributed by atoms with E-state index >= 15 is 0 Å². The van der Waals surface area contributed by atoms with Crippen LogP contribution in [-0.4, -0.2) is 24.1 Å². The summed E-state index contributed by atoms with van der Waals surface area (Å²) >= 11 is 0. The van der Waals surface area contributed by atoms with Gasteiger partial charge in [-0.2, -0.15) is 0 Å². The third-order valence-corrected chi connectivity index (χ3v) is 5.06. The lowest BCUT2D eigenvalue weighted by atomic mass is 9.82. The van der Waals surface area contributed by atoms with Crippen LogP contribution < -0.4 is 0 Å². The summed E-state index contributed by atoms with van der Waals surface area (Å²) in [5.74, 6) is -0.447. The van der Waals surface area contributed by atoms with E-state index in [4.69, 9.17) is 9.47 Å². The molecule has 0 unspecified atom stereocenters. The van der Waals surface area contributed by atoms with Crippen LogP contribution in [0.4, 0.5) is 0 Å². The summed E-state index contributed by atoms with van der Waals surface area (Å²) < 4.78 is 10.9. The van der Waals surface area contributed by atoms with Gasteiger partial charge in [-0.1, -0.05) is 25.3 Å². The summed E-state index contributed by atoms with van der Waals surface area (Å²) in [5.41, 5.74) is 2.53. The molecule has 0 aromatic rings. The predicted octanol–water partition coefficient (Wildman–Crippen LogP) is 2.56. The monoisotopic (exact) mass is 288 g/mol. The highest BCUT2D eigenvalue weighted by molar-refractivity contribution is 5.91. The number of carbonyl (C=O) groups is 2. The van der Waals surface area contributed by atoms with Crippen molar-refractivity contribution in [1.29, 1.82) is 0 Å². The molecule has 1 aliphatic heterocycles. The van der Waals surface area contributed by atoms with Crippen molar-refractivity contribution < 1.29 is 19.1 Å². The van der Waals surface area contributed by atoms with E-state index < -0.39 is 0 Å². The molecule has 0 N–H and O–H groups in total. The molecule has 1 heterocycles. The quantitative estimate of drug-likeness (QED) is 0.423. The molecule has 2 aliphatic carbocycles. The zero-order chi connectivity index (χ0) is 15.3. The lowest BCUT2D eigenvalue weighted by molar-refractivity contribution is -0.145. The molecule has 3 rings (SSSR count). The van der Waals surface area contributed by atoms with Crippen molar-refractivity contribution in [2.24, 2.45) is 17.8 Å². The van der Waals surface area contributed by atoms with Crippen LogP contribution in [0, 0.1) is 17.8 Å². The molecule has 0 aromatic carbocycles. The first-order valence-electron chi connectivity index (χ1n) is 7.33. The fraction of sp³-hybridized carbons (Fsp3) is 0.529. The van der Waals surface area contributed by atoms with E-state index in [0.29, 0.717) is 12.0 Å². The average Bonchev–Trinajstić information content (AvgIpc) is 2.81. The number of allylic oxidation sites excluding steroid dienone is 1. The van der Waals surface area contributed by atoms with Crippen molar-refractivity contribution in [2.75, 3.05) is 0 Å². The number of hydrogen-bond donors (Lipinski definition) is 0.